The molecular formula is C16H24NO3-. The second-order valence-electron chi connectivity index (χ2n) is 5.98. The zero-order chi connectivity index (χ0) is 14.4. The summed E-state index contributed by atoms with van der Waals surface area (Å²) in [6.45, 7) is 0. The van der Waals surface area contributed by atoms with E-state index >= 15 is 0 Å². The third-order valence-electron chi connectivity index (χ3n) is 4.55. The van der Waals surface area contributed by atoms with E-state index in [1.165, 1.54) is 44.6 Å². The van der Waals surface area contributed by atoms with E-state index in [2.05, 4.69) is 0 Å². The number of carboxylic acid groups (broad SMARTS) is 1. The number of carbonyl (C=O) groups excluding carboxylic acids is 2. The van der Waals surface area contributed by atoms with Crippen LogP contribution in [0.1, 0.15) is 64.2 Å². The van der Waals surface area contributed by atoms with Crippen molar-refractivity contribution in [3.05, 3.63) is 12.2 Å². The molecule has 0 heterocycles. The molecule has 20 heavy (non-hydrogen) atoms. The first-order valence-electron chi connectivity index (χ1n) is 7.90. The van der Waals surface area contributed by atoms with E-state index in [1.54, 1.807) is 0 Å². The molecule has 4 nitrogen and oxygen atoms in total. The van der Waals surface area contributed by atoms with Crippen LogP contribution in [0, 0.1) is 0 Å². The summed E-state index contributed by atoms with van der Waals surface area (Å²) in [6.07, 6.45) is 13.5. The van der Waals surface area contributed by atoms with Crippen LogP contribution in [-0.4, -0.2) is 28.9 Å². The van der Waals surface area contributed by atoms with Crippen molar-refractivity contribution < 1.29 is 14.7 Å². The van der Waals surface area contributed by atoms with Crippen LogP contribution in [0.15, 0.2) is 12.2 Å². The Balaban J connectivity index is 2.09. The molecular weight excluding hydrogens is 254 g/mol. The predicted octanol–water partition coefficient (Wildman–Crippen LogP) is 1.79. The number of carboxylic acids is 1. The van der Waals surface area contributed by atoms with E-state index in [1.807, 2.05) is 4.90 Å². The van der Waals surface area contributed by atoms with Crippen LogP contribution < -0.4 is 5.11 Å². The van der Waals surface area contributed by atoms with E-state index in [0.29, 0.717) is 12.1 Å². The lowest BCUT2D eigenvalue weighted by Gasteiger charge is -2.41. The molecule has 0 aromatic heterocycles. The summed E-state index contributed by atoms with van der Waals surface area (Å²) in [5.74, 6) is -1.45. The molecule has 0 atom stereocenters. The van der Waals surface area contributed by atoms with Gasteiger partial charge in [-0.05, 0) is 31.8 Å². The summed E-state index contributed by atoms with van der Waals surface area (Å²) in [5.41, 5.74) is 0. The highest BCUT2D eigenvalue weighted by Crippen LogP contribution is 2.30. The highest BCUT2D eigenvalue weighted by molar-refractivity contribution is 5.93. The maximum Gasteiger partial charge on any atom is 0.247 e. The molecule has 0 bridgehead atoms. The Morgan fingerprint density at radius 1 is 0.800 bits per heavy atom. The van der Waals surface area contributed by atoms with Gasteiger partial charge in [0.25, 0.3) is 0 Å². The van der Waals surface area contributed by atoms with Gasteiger partial charge in [0, 0.05) is 18.2 Å². The van der Waals surface area contributed by atoms with Crippen LogP contribution in [-0.2, 0) is 9.59 Å². The third kappa shape index (κ3) is 4.09. The lowest BCUT2D eigenvalue weighted by molar-refractivity contribution is -0.297. The fourth-order valence-electron chi connectivity index (χ4n) is 3.60. The fourth-order valence-corrected chi connectivity index (χ4v) is 3.60. The quantitative estimate of drug-likeness (QED) is 0.737. The summed E-state index contributed by atoms with van der Waals surface area (Å²) in [5, 5.41) is 10.5. The average Bonchev–Trinajstić information content (AvgIpc) is 2.48. The second kappa shape index (κ2) is 7.46. The van der Waals surface area contributed by atoms with E-state index < -0.39 is 5.97 Å². The first-order valence-corrected chi connectivity index (χ1v) is 7.90. The Bertz CT molecular complexity index is 348. The smallest absolute Gasteiger partial charge is 0.247 e. The Morgan fingerprint density at radius 2 is 1.25 bits per heavy atom. The molecule has 2 fully saturated rings. The molecule has 4 heteroatoms. The van der Waals surface area contributed by atoms with Crippen molar-refractivity contribution in [1.29, 1.82) is 0 Å². The van der Waals surface area contributed by atoms with Gasteiger partial charge in [0.2, 0.25) is 5.91 Å². The van der Waals surface area contributed by atoms with Crippen LogP contribution in [0.5, 0.6) is 0 Å². The Morgan fingerprint density at radius 3 is 1.65 bits per heavy atom. The van der Waals surface area contributed by atoms with Crippen molar-refractivity contribution >= 4 is 11.9 Å². The molecule has 2 aliphatic carbocycles. The maximum atomic E-state index is 12.4. The van der Waals surface area contributed by atoms with E-state index in [9.17, 15) is 14.7 Å². The predicted molar refractivity (Wildman–Crippen MR) is 74.7 cm³/mol. The van der Waals surface area contributed by atoms with Gasteiger partial charge < -0.3 is 14.8 Å². The van der Waals surface area contributed by atoms with Crippen molar-refractivity contribution in [2.75, 3.05) is 0 Å². The van der Waals surface area contributed by atoms with Crippen LogP contribution in [0.3, 0.4) is 0 Å². The van der Waals surface area contributed by atoms with Gasteiger partial charge in [0.1, 0.15) is 0 Å². The standard InChI is InChI=1S/C16H25NO3/c18-15(11-12-16(19)20)17(13-7-3-1-4-8-13)14-9-5-2-6-10-14/h11-14H,1-10H2,(H,19,20)/p-1/b12-11-. The van der Waals surface area contributed by atoms with Crippen LogP contribution in [0.4, 0.5) is 0 Å². The highest BCUT2D eigenvalue weighted by Gasteiger charge is 2.31. The van der Waals surface area contributed by atoms with E-state index in [0.717, 1.165) is 31.8 Å². The first-order chi connectivity index (χ1) is 9.68. The molecule has 0 N–H and O–H groups in total. The zero-order valence-corrected chi connectivity index (χ0v) is 12.1. The molecule has 0 spiro atoms. The SMILES string of the molecule is O=C([O-])/C=C\C(=O)N(C1CCCCC1)C1CCCCC1. The lowest BCUT2D eigenvalue weighted by atomic mass is 9.88. The summed E-state index contributed by atoms with van der Waals surface area (Å²) >= 11 is 0. The van der Waals surface area contributed by atoms with Gasteiger partial charge in [-0.1, -0.05) is 38.5 Å². The number of nitrogens with zero attached hydrogens (tertiary/aromatic N) is 1. The van der Waals surface area contributed by atoms with E-state index in [4.69, 9.17) is 0 Å². The van der Waals surface area contributed by atoms with Crippen LogP contribution in [0.2, 0.25) is 0 Å². The highest BCUT2D eigenvalue weighted by atomic mass is 16.4. The molecule has 0 saturated heterocycles. The van der Waals surface area contributed by atoms with Crippen molar-refractivity contribution in [3.8, 4) is 0 Å². The van der Waals surface area contributed by atoms with Crippen molar-refractivity contribution in [1.82, 2.24) is 4.90 Å². The maximum absolute atomic E-state index is 12.4. The van der Waals surface area contributed by atoms with Crippen molar-refractivity contribution in [3.63, 3.8) is 0 Å². The Hall–Kier alpha value is -1.32. The molecule has 0 unspecified atom stereocenters. The van der Waals surface area contributed by atoms with Crippen LogP contribution in [0.25, 0.3) is 0 Å². The number of rotatable bonds is 4. The summed E-state index contributed by atoms with van der Waals surface area (Å²) in [7, 11) is 0. The number of amides is 1. The lowest BCUT2D eigenvalue weighted by Crippen LogP contribution is -2.48. The molecule has 0 aromatic rings. The number of hydrogen-bond acceptors (Lipinski definition) is 3. The minimum atomic E-state index is -1.30. The van der Waals surface area contributed by atoms with Gasteiger partial charge in [-0.15, -0.1) is 0 Å². The van der Waals surface area contributed by atoms with Crippen LogP contribution >= 0.6 is 0 Å². The van der Waals surface area contributed by atoms with Crippen molar-refractivity contribution in [2.24, 2.45) is 0 Å². The van der Waals surface area contributed by atoms with Gasteiger partial charge >= 0.3 is 0 Å². The topological polar surface area (TPSA) is 60.4 Å². The Labute approximate surface area is 120 Å². The van der Waals surface area contributed by atoms with Crippen molar-refractivity contribution in [2.45, 2.75) is 76.3 Å². The third-order valence-corrected chi connectivity index (χ3v) is 4.55. The number of aliphatic carboxylic acids is 1. The number of carbonyl (C=O) groups is 2. The molecule has 0 radical (unpaired) electrons. The van der Waals surface area contributed by atoms with Gasteiger partial charge in [-0.25, -0.2) is 0 Å². The largest absolute Gasteiger partial charge is 0.545 e. The Kier molecular flexibility index (Phi) is 5.62. The average molecular weight is 278 g/mol. The molecule has 2 saturated carbocycles. The minimum absolute atomic E-state index is 0.145. The second-order valence-corrected chi connectivity index (χ2v) is 5.98. The molecule has 2 rings (SSSR count). The summed E-state index contributed by atoms with van der Waals surface area (Å²) < 4.78 is 0. The zero-order valence-electron chi connectivity index (χ0n) is 12.1. The first kappa shape index (κ1) is 15.1. The summed E-state index contributed by atoms with van der Waals surface area (Å²) in [4.78, 5) is 24.9. The van der Waals surface area contributed by atoms with Gasteiger partial charge in [0.05, 0.1) is 5.97 Å². The molecule has 0 aliphatic heterocycles. The fraction of sp³-hybridized carbons (Fsp3) is 0.750. The van der Waals surface area contributed by atoms with Gasteiger partial charge in [-0.3, -0.25) is 4.79 Å². The van der Waals surface area contributed by atoms with E-state index in [-0.39, 0.29) is 5.91 Å². The molecule has 112 valence electrons. The monoisotopic (exact) mass is 278 g/mol. The molecule has 2 aliphatic rings. The minimum Gasteiger partial charge on any atom is -0.545 e. The normalized spacial score (nSPS) is 22.0. The molecule has 1 amide bonds. The summed E-state index contributed by atoms with van der Waals surface area (Å²) in [6, 6.07) is 0.594. The number of hydrogen-bond donors (Lipinski definition) is 0. The van der Waals surface area contributed by atoms with Gasteiger partial charge in [0.15, 0.2) is 0 Å². The molecule has 0 aromatic carbocycles. The van der Waals surface area contributed by atoms with Gasteiger partial charge in [-0.2, -0.15) is 0 Å².